The number of ether oxygens (including phenoxy) is 1. The first-order valence-electron chi connectivity index (χ1n) is 5.87. The Hall–Kier alpha value is -0.910. The molecule has 3 N–H and O–H groups in total. The van der Waals surface area contributed by atoms with Gasteiger partial charge in [-0.05, 0) is 36.8 Å². The number of carbonyl (C=O) groups excluding carboxylic acids is 1. The van der Waals surface area contributed by atoms with E-state index in [1.165, 1.54) is 10.4 Å². The highest BCUT2D eigenvalue weighted by molar-refractivity contribution is 7.10. The third-order valence-electron chi connectivity index (χ3n) is 3.05. The summed E-state index contributed by atoms with van der Waals surface area (Å²) in [6.45, 7) is 3.14. The van der Waals surface area contributed by atoms with Gasteiger partial charge in [-0.15, -0.1) is 11.3 Å². The first kappa shape index (κ1) is 12.5. The molecule has 0 bridgehead atoms. The Morgan fingerprint density at radius 1 is 1.65 bits per heavy atom. The van der Waals surface area contributed by atoms with Crippen molar-refractivity contribution in [3.63, 3.8) is 0 Å². The van der Waals surface area contributed by atoms with Crippen LogP contribution in [0.5, 0.6) is 0 Å². The quantitative estimate of drug-likeness (QED) is 0.848. The van der Waals surface area contributed by atoms with Crippen LogP contribution in [-0.4, -0.2) is 24.7 Å². The fourth-order valence-electron chi connectivity index (χ4n) is 1.94. The molecule has 0 saturated carbocycles. The zero-order chi connectivity index (χ0) is 12.3. The molecule has 17 heavy (non-hydrogen) atoms. The summed E-state index contributed by atoms with van der Waals surface area (Å²) in [5, 5.41) is 4.95. The van der Waals surface area contributed by atoms with Crippen LogP contribution in [0.15, 0.2) is 11.4 Å². The van der Waals surface area contributed by atoms with Crippen LogP contribution < -0.4 is 11.1 Å². The van der Waals surface area contributed by atoms with E-state index in [4.69, 9.17) is 10.5 Å². The van der Waals surface area contributed by atoms with E-state index in [1.54, 1.807) is 11.3 Å². The number of hydrogen-bond donors (Lipinski definition) is 2. The molecule has 1 aromatic rings. The van der Waals surface area contributed by atoms with E-state index in [0.29, 0.717) is 13.1 Å². The van der Waals surface area contributed by atoms with Crippen LogP contribution in [0.2, 0.25) is 0 Å². The first-order chi connectivity index (χ1) is 8.20. The van der Waals surface area contributed by atoms with Crippen LogP contribution in [0.1, 0.15) is 23.3 Å². The minimum absolute atomic E-state index is 0.0197. The lowest BCUT2D eigenvalue weighted by atomic mass is 10.2. The van der Waals surface area contributed by atoms with Crippen molar-refractivity contribution in [2.24, 2.45) is 5.73 Å². The number of amides is 1. The Morgan fingerprint density at radius 2 is 2.47 bits per heavy atom. The van der Waals surface area contributed by atoms with Gasteiger partial charge in [-0.2, -0.15) is 0 Å². The van der Waals surface area contributed by atoms with Crippen LogP contribution >= 0.6 is 11.3 Å². The number of carbonyl (C=O) groups is 1. The number of nitrogens with one attached hydrogen (secondary N) is 1. The summed E-state index contributed by atoms with van der Waals surface area (Å²) in [5.74, 6) is -0.0197. The third kappa shape index (κ3) is 3.06. The van der Waals surface area contributed by atoms with Crippen LogP contribution in [0.3, 0.4) is 0 Å². The maximum Gasteiger partial charge on any atom is 0.249 e. The van der Waals surface area contributed by atoms with Gasteiger partial charge in [0.2, 0.25) is 5.91 Å². The summed E-state index contributed by atoms with van der Waals surface area (Å²) in [6.07, 6.45) is 1.39. The summed E-state index contributed by atoms with van der Waals surface area (Å²) >= 11 is 1.66. The fraction of sp³-hybridized carbons (Fsp3) is 0.583. The highest BCUT2D eigenvalue weighted by Crippen LogP contribution is 2.19. The van der Waals surface area contributed by atoms with Gasteiger partial charge in [0.25, 0.3) is 0 Å². The van der Waals surface area contributed by atoms with Crippen LogP contribution in [0, 0.1) is 6.92 Å². The lowest BCUT2D eigenvalue weighted by Crippen LogP contribution is -2.35. The lowest BCUT2D eigenvalue weighted by Gasteiger charge is -2.12. The Morgan fingerprint density at radius 3 is 3.06 bits per heavy atom. The lowest BCUT2D eigenvalue weighted by molar-refractivity contribution is -0.132. The largest absolute Gasteiger partial charge is 0.364 e. The van der Waals surface area contributed by atoms with Gasteiger partial charge in [0.15, 0.2) is 0 Å². The van der Waals surface area contributed by atoms with Crippen molar-refractivity contribution < 1.29 is 9.53 Å². The van der Waals surface area contributed by atoms with E-state index in [1.807, 2.05) is 5.38 Å². The van der Waals surface area contributed by atoms with Crippen LogP contribution in [-0.2, 0) is 16.1 Å². The number of rotatable bonds is 4. The summed E-state index contributed by atoms with van der Waals surface area (Å²) in [6, 6.07) is 2.06. The zero-order valence-electron chi connectivity index (χ0n) is 9.94. The molecule has 0 aliphatic carbocycles. The molecule has 1 aliphatic heterocycles. The molecule has 4 nitrogen and oxygen atoms in total. The molecule has 1 fully saturated rings. The average molecular weight is 254 g/mol. The fourth-order valence-corrected chi connectivity index (χ4v) is 2.78. The van der Waals surface area contributed by atoms with Gasteiger partial charge in [-0.3, -0.25) is 4.79 Å². The minimum Gasteiger partial charge on any atom is -0.364 e. The third-order valence-corrected chi connectivity index (χ3v) is 4.08. The molecule has 0 radical (unpaired) electrons. The van der Waals surface area contributed by atoms with Crippen molar-refractivity contribution in [3.8, 4) is 0 Å². The smallest absolute Gasteiger partial charge is 0.249 e. The molecule has 1 aliphatic rings. The first-order valence-corrected chi connectivity index (χ1v) is 6.75. The maximum atomic E-state index is 11.8. The summed E-state index contributed by atoms with van der Waals surface area (Å²) in [4.78, 5) is 13.0. The monoisotopic (exact) mass is 254 g/mol. The number of nitrogens with two attached hydrogens (primary N) is 1. The highest BCUT2D eigenvalue weighted by atomic mass is 32.1. The second-order valence-electron chi connectivity index (χ2n) is 4.30. The topological polar surface area (TPSA) is 64.4 Å². The van der Waals surface area contributed by atoms with Gasteiger partial charge < -0.3 is 15.8 Å². The minimum atomic E-state index is -0.316. The van der Waals surface area contributed by atoms with E-state index in [-0.39, 0.29) is 18.1 Å². The highest BCUT2D eigenvalue weighted by Gasteiger charge is 2.29. The van der Waals surface area contributed by atoms with Crippen molar-refractivity contribution in [2.75, 3.05) is 6.54 Å². The molecular formula is C12H18N2O2S. The molecule has 0 aromatic carbocycles. The predicted octanol–water partition coefficient (Wildman–Crippen LogP) is 1.18. The Bertz CT molecular complexity index is 392. The van der Waals surface area contributed by atoms with Crippen molar-refractivity contribution in [1.82, 2.24) is 5.32 Å². The molecule has 1 aromatic heterocycles. The summed E-state index contributed by atoms with van der Waals surface area (Å²) in [5.41, 5.74) is 6.74. The molecule has 2 atom stereocenters. The second kappa shape index (κ2) is 5.62. The summed E-state index contributed by atoms with van der Waals surface area (Å²) < 4.78 is 5.54. The van der Waals surface area contributed by atoms with E-state index >= 15 is 0 Å². The van der Waals surface area contributed by atoms with Crippen molar-refractivity contribution in [1.29, 1.82) is 0 Å². The molecule has 2 rings (SSSR count). The Labute approximate surface area is 105 Å². The average Bonchev–Trinajstić information content (AvgIpc) is 2.94. The Balaban J connectivity index is 1.80. The standard InChI is InChI=1S/C12H18N2O2S/c1-8-4-5-17-11(8)7-14-12(15)10-3-2-9(6-13)16-10/h4-5,9-10H,2-3,6-7,13H2,1H3,(H,14,15). The van der Waals surface area contributed by atoms with Gasteiger partial charge in [-0.25, -0.2) is 0 Å². The molecule has 2 unspecified atom stereocenters. The molecular weight excluding hydrogens is 236 g/mol. The normalized spacial score (nSPS) is 23.9. The van der Waals surface area contributed by atoms with Crippen molar-refractivity contribution in [2.45, 2.75) is 38.5 Å². The molecule has 5 heteroatoms. The zero-order valence-corrected chi connectivity index (χ0v) is 10.8. The molecule has 1 amide bonds. The van der Waals surface area contributed by atoms with Gasteiger partial charge >= 0.3 is 0 Å². The van der Waals surface area contributed by atoms with E-state index in [0.717, 1.165) is 12.8 Å². The van der Waals surface area contributed by atoms with Crippen molar-refractivity contribution in [3.05, 3.63) is 21.9 Å². The van der Waals surface area contributed by atoms with Gasteiger partial charge in [0.1, 0.15) is 6.10 Å². The van der Waals surface area contributed by atoms with Gasteiger partial charge in [-0.1, -0.05) is 0 Å². The predicted molar refractivity (Wildman–Crippen MR) is 67.9 cm³/mol. The molecule has 2 heterocycles. The number of aryl methyl sites for hydroxylation is 1. The van der Waals surface area contributed by atoms with Crippen LogP contribution in [0.4, 0.5) is 0 Å². The van der Waals surface area contributed by atoms with E-state index in [9.17, 15) is 4.79 Å². The van der Waals surface area contributed by atoms with E-state index < -0.39 is 0 Å². The van der Waals surface area contributed by atoms with Gasteiger partial charge in [0, 0.05) is 11.4 Å². The SMILES string of the molecule is Cc1ccsc1CNC(=O)C1CCC(CN)O1. The summed E-state index contributed by atoms with van der Waals surface area (Å²) in [7, 11) is 0. The molecule has 94 valence electrons. The van der Waals surface area contributed by atoms with Crippen molar-refractivity contribution >= 4 is 17.2 Å². The molecule has 0 spiro atoms. The Kier molecular flexibility index (Phi) is 4.15. The number of hydrogen-bond acceptors (Lipinski definition) is 4. The van der Waals surface area contributed by atoms with Crippen LogP contribution in [0.25, 0.3) is 0 Å². The second-order valence-corrected chi connectivity index (χ2v) is 5.31. The molecule has 1 saturated heterocycles. The number of thiophene rings is 1. The van der Waals surface area contributed by atoms with E-state index in [2.05, 4.69) is 18.3 Å². The maximum absolute atomic E-state index is 11.8. The van der Waals surface area contributed by atoms with Gasteiger partial charge in [0.05, 0.1) is 12.6 Å².